The SMILES string of the molecule is C=C[C@H]1CC(F)(F)c2c1c(C(F)(F)F)nn2CC(=O)N[C@@H](CC1=CC(F)=CC(F)C1)c1nc(C#CC(C)(C)O)ccc1-c1cccc2c(NC)nccc12. The molecule has 1 amide bonds. The lowest BCUT2D eigenvalue weighted by Gasteiger charge is -2.25. The molecule has 6 rings (SSSR count). The van der Waals surface area contributed by atoms with Gasteiger partial charge in [0.1, 0.15) is 41.4 Å². The van der Waals surface area contributed by atoms with E-state index in [1.165, 1.54) is 13.8 Å². The Morgan fingerprint density at radius 2 is 1.93 bits per heavy atom. The van der Waals surface area contributed by atoms with E-state index in [4.69, 9.17) is 4.98 Å². The number of carbonyl (C=O) groups is 1. The molecule has 0 bridgehead atoms. The highest BCUT2D eigenvalue weighted by Crippen LogP contribution is 2.52. The molecular formula is C39H35F7N6O2. The fourth-order valence-electron chi connectivity index (χ4n) is 6.89. The normalized spacial score (nSPS) is 18.6. The van der Waals surface area contributed by atoms with Crippen molar-refractivity contribution in [2.45, 2.75) is 75.5 Å². The Morgan fingerprint density at radius 1 is 1.17 bits per heavy atom. The molecule has 8 nitrogen and oxygen atoms in total. The molecule has 15 heteroatoms. The first-order valence-corrected chi connectivity index (χ1v) is 16.9. The Hall–Kier alpha value is -5.49. The van der Waals surface area contributed by atoms with E-state index >= 15 is 8.78 Å². The monoisotopic (exact) mass is 752 g/mol. The first-order chi connectivity index (χ1) is 25.4. The molecule has 0 radical (unpaired) electrons. The molecule has 0 aliphatic heterocycles. The Balaban J connectivity index is 1.50. The lowest BCUT2D eigenvalue weighted by molar-refractivity contribution is -0.142. The molecule has 54 heavy (non-hydrogen) atoms. The van der Waals surface area contributed by atoms with Crippen molar-refractivity contribution >= 4 is 22.5 Å². The minimum Gasteiger partial charge on any atom is -0.378 e. The molecule has 0 saturated heterocycles. The highest BCUT2D eigenvalue weighted by molar-refractivity contribution is 6.02. The number of benzene rings is 1. The fraction of sp³-hybridized carbons (Fsp3) is 0.333. The minimum atomic E-state index is -5.10. The summed E-state index contributed by atoms with van der Waals surface area (Å²) in [7, 11) is 1.70. The Morgan fingerprint density at radius 3 is 2.59 bits per heavy atom. The lowest BCUT2D eigenvalue weighted by atomic mass is 9.90. The van der Waals surface area contributed by atoms with Crippen LogP contribution in [0.25, 0.3) is 21.9 Å². The Kier molecular flexibility index (Phi) is 10.2. The zero-order valence-electron chi connectivity index (χ0n) is 29.3. The van der Waals surface area contributed by atoms with Crippen LogP contribution in [0.1, 0.15) is 73.4 Å². The molecule has 3 heterocycles. The van der Waals surface area contributed by atoms with Crippen LogP contribution in [0.5, 0.6) is 0 Å². The standard InChI is InChI=1S/C39H35F7N6O2/c1-5-22-19-38(42,43)35-32(22)34(39(44,45)46)51-52(35)20-31(53)50-30(17-21-15-23(40)18-24(41)16-21)33-28(10-9-25(49-33)11-13-37(2,3)54)26-7-6-8-29-27(26)12-14-48-36(29)47-4/h5-10,12,14-15,18,22,24,30,54H,1,16-17,19-20H2,2-4H3,(H,47,48)(H,50,53)/t22-,24?,30-/m0/s1. The third-order valence-corrected chi connectivity index (χ3v) is 9.05. The van der Waals surface area contributed by atoms with Gasteiger partial charge in [0.05, 0.1) is 11.7 Å². The average Bonchev–Trinajstić information content (AvgIpc) is 3.61. The van der Waals surface area contributed by atoms with E-state index in [-0.39, 0.29) is 29.8 Å². The number of halogens is 7. The van der Waals surface area contributed by atoms with Gasteiger partial charge in [0.25, 0.3) is 5.92 Å². The van der Waals surface area contributed by atoms with Gasteiger partial charge in [-0.1, -0.05) is 35.8 Å². The molecule has 3 aromatic heterocycles. The van der Waals surface area contributed by atoms with Crippen LogP contribution in [0.3, 0.4) is 0 Å². The predicted octanol–water partition coefficient (Wildman–Crippen LogP) is 8.21. The number of carbonyl (C=O) groups excluding carboxylic acids is 1. The Bertz CT molecular complexity index is 2260. The fourth-order valence-corrected chi connectivity index (χ4v) is 6.89. The van der Waals surface area contributed by atoms with E-state index in [2.05, 4.69) is 39.1 Å². The van der Waals surface area contributed by atoms with E-state index in [0.29, 0.717) is 27.0 Å². The molecule has 0 spiro atoms. The number of fused-ring (bicyclic) bond motifs is 2. The van der Waals surface area contributed by atoms with E-state index in [9.17, 15) is 31.9 Å². The second kappa shape index (κ2) is 14.4. The predicted molar refractivity (Wildman–Crippen MR) is 189 cm³/mol. The summed E-state index contributed by atoms with van der Waals surface area (Å²) in [6, 6.07) is 9.17. The molecule has 0 saturated carbocycles. The second-order valence-electron chi connectivity index (χ2n) is 13.7. The molecular weight excluding hydrogens is 717 g/mol. The summed E-state index contributed by atoms with van der Waals surface area (Å²) in [5, 5.41) is 20.9. The third-order valence-electron chi connectivity index (χ3n) is 9.05. The molecule has 0 fully saturated rings. The van der Waals surface area contributed by atoms with Crippen molar-refractivity contribution in [1.82, 2.24) is 25.1 Å². The number of amides is 1. The third kappa shape index (κ3) is 7.89. The molecule has 282 valence electrons. The molecule has 2 aliphatic carbocycles. The number of pyridine rings is 2. The topological polar surface area (TPSA) is 105 Å². The first kappa shape index (κ1) is 38.2. The first-order valence-electron chi connectivity index (χ1n) is 16.9. The van der Waals surface area contributed by atoms with Gasteiger partial charge in [0.15, 0.2) is 5.69 Å². The summed E-state index contributed by atoms with van der Waals surface area (Å²) >= 11 is 0. The number of aliphatic hydroxyl groups is 1. The second-order valence-corrected chi connectivity index (χ2v) is 13.7. The zero-order valence-corrected chi connectivity index (χ0v) is 29.3. The molecule has 4 aromatic rings. The molecule has 3 atom stereocenters. The number of anilines is 1. The van der Waals surface area contributed by atoms with Crippen molar-refractivity contribution in [1.29, 1.82) is 0 Å². The summed E-state index contributed by atoms with van der Waals surface area (Å²) in [6.07, 6.45) is -3.75. The zero-order chi connectivity index (χ0) is 39.2. The van der Waals surface area contributed by atoms with Crippen molar-refractivity contribution in [2.75, 3.05) is 12.4 Å². The summed E-state index contributed by atoms with van der Waals surface area (Å²) in [5.41, 5.74) is -3.17. The van der Waals surface area contributed by atoms with Gasteiger partial charge in [-0.05, 0) is 67.5 Å². The summed E-state index contributed by atoms with van der Waals surface area (Å²) < 4.78 is 102. The van der Waals surface area contributed by atoms with Gasteiger partial charge in [-0.2, -0.15) is 27.1 Å². The smallest absolute Gasteiger partial charge is 0.378 e. The van der Waals surface area contributed by atoms with Crippen LogP contribution in [-0.4, -0.2) is 49.6 Å². The molecule has 3 N–H and O–H groups in total. The molecule has 1 unspecified atom stereocenters. The van der Waals surface area contributed by atoms with E-state index in [1.54, 1.807) is 43.6 Å². The highest BCUT2D eigenvalue weighted by atomic mass is 19.4. The number of aromatic nitrogens is 4. The minimum absolute atomic E-state index is 0.145. The number of allylic oxidation sites excluding steroid dienone is 4. The average molecular weight is 753 g/mol. The molecule has 1 aromatic carbocycles. The van der Waals surface area contributed by atoms with Crippen LogP contribution >= 0.6 is 0 Å². The van der Waals surface area contributed by atoms with Crippen molar-refractivity contribution < 1.29 is 40.6 Å². The molecule has 2 aliphatic rings. The van der Waals surface area contributed by atoms with Gasteiger partial charge in [-0.15, -0.1) is 6.58 Å². The highest BCUT2D eigenvalue weighted by Gasteiger charge is 2.53. The van der Waals surface area contributed by atoms with Crippen LogP contribution < -0.4 is 10.6 Å². The van der Waals surface area contributed by atoms with Crippen molar-refractivity contribution in [3.63, 3.8) is 0 Å². The van der Waals surface area contributed by atoms with Crippen LogP contribution in [0.2, 0.25) is 0 Å². The maximum Gasteiger partial charge on any atom is 0.435 e. The van der Waals surface area contributed by atoms with Crippen LogP contribution in [0.15, 0.2) is 78.8 Å². The van der Waals surface area contributed by atoms with Crippen LogP contribution in [-0.2, 0) is 23.4 Å². The van der Waals surface area contributed by atoms with Gasteiger partial charge in [0, 0.05) is 48.5 Å². The van der Waals surface area contributed by atoms with E-state index < -0.39 is 77.5 Å². The largest absolute Gasteiger partial charge is 0.435 e. The van der Waals surface area contributed by atoms with Crippen molar-refractivity contribution in [3.8, 4) is 23.0 Å². The summed E-state index contributed by atoms with van der Waals surface area (Å²) in [4.78, 5) is 23.0. The van der Waals surface area contributed by atoms with Gasteiger partial charge < -0.3 is 15.7 Å². The van der Waals surface area contributed by atoms with Crippen LogP contribution in [0.4, 0.5) is 36.6 Å². The van der Waals surface area contributed by atoms with Gasteiger partial charge in [-0.25, -0.2) is 18.7 Å². The maximum absolute atomic E-state index is 15.3. The van der Waals surface area contributed by atoms with Gasteiger partial charge in [-0.3, -0.25) is 9.48 Å². The van der Waals surface area contributed by atoms with Gasteiger partial charge in [0.2, 0.25) is 5.91 Å². The number of hydrogen-bond acceptors (Lipinski definition) is 6. The van der Waals surface area contributed by atoms with Gasteiger partial charge >= 0.3 is 6.18 Å². The summed E-state index contributed by atoms with van der Waals surface area (Å²) in [6.45, 7) is 5.29. The van der Waals surface area contributed by atoms with E-state index in [1.807, 2.05) is 6.07 Å². The lowest BCUT2D eigenvalue weighted by Crippen LogP contribution is -2.34. The number of alkyl halides is 6. The number of rotatable bonds is 9. The number of nitrogens with zero attached hydrogens (tertiary/aromatic N) is 4. The summed E-state index contributed by atoms with van der Waals surface area (Å²) in [5.74, 6) is -0.968. The van der Waals surface area contributed by atoms with Crippen molar-refractivity contribution in [2.24, 2.45) is 0 Å². The number of nitrogens with one attached hydrogen (secondary N) is 2. The van der Waals surface area contributed by atoms with Crippen LogP contribution in [0, 0.1) is 11.8 Å². The number of hydrogen-bond donors (Lipinski definition) is 3. The van der Waals surface area contributed by atoms with E-state index in [0.717, 1.165) is 23.6 Å². The van der Waals surface area contributed by atoms with Crippen molar-refractivity contribution in [3.05, 3.63) is 107 Å². The quantitative estimate of drug-likeness (QED) is 0.0905. The maximum atomic E-state index is 15.3. The Labute approximate surface area is 305 Å².